The molecule has 0 aliphatic rings. The van der Waals surface area contributed by atoms with Gasteiger partial charge in [0, 0.05) is 26.4 Å². The molecule has 0 radical (unpaired) electrons. The molecule has 21 heavy (non-hydrogen) atoms. The van der Waals surface area contributed by atoms with E-state index in [4.69, 9.17) is 5.73 Å². The fourth-order valence-electron chi connectivity index (χ4n) is 2.39. The lowest BCUT2D eigenvalue weighted by atomic mass is 9.76. The first-order valence-corrected chi connectivity index (χ1v) is 7.73. The van der Waals surface area contributed by atoms with E-state index in [9.17, 15) is 9.59 Å². The summed E-state index contributed by atoms with van der Waals surface area (Å²) in [5.74, 6) is 0.354. The summed E-state index contributed by atoms with van der Waals surface area (Å²) in [6.45, 7) is 7.82. The zero-order chi connectivity index (χ0) is 16.5. The molecule has 1 amide bonds. The highest BCUT2D eigenvalue weighted by molar-refractivity contribution is 5.76. The van der Waals surface area contributed by atoms with Crippen LogP contribution in [0.4, 0.5) is 0 Å². The van der Waals surface area contributed by atoms with Crippen molar-refractivity contribution in [2.75, 3.05) is 27.2 Å². The van der Waals surface area contributed by atoms with Crippen LogP contribution in [0.1, 0.15) is 52.9 Å². The lowest BCUT2D eigenvalue weighted by Crippen LogP contribution is -2.30. The smallest absolute Gasteiger partial charge is 0.305 e. The Morgan fingerprint density at radius 3 is 2.29 bits per heavy atom. The average molecular weight is 300 g/mol. The van der Waals surface area contributed by atoms with Crippen molar-refractivity contribution >= 4 is 11.9 Å². The van der Waals surface area contributed by atoms with Crippen LogP contribution in [0.15, 0.2) is 0 Å². The number of nitrogens with zero attached hydrogens (tertiary/aromatic N) is 1. The molecule has 124 valence electrons. The van der Waals surface area contributed by atoms with Crippen LogP contribution in [-0.4, -0.2) is 44.0 Å². The van der Waals surface area contributed by atoms with Crippen LogP contribution in [0.25, 0.3) is 0 Å². The highest BCUT2D eigenvalue weighted by Gasteiger charge is 2.24. The quantitative estimate of drug-likeness (QED) is 0.662. The normalized spacial score (nSPS) is 12.9. The molecule has 0 aromatic carbocycles. The monoisotopic (exact) mass is 300 g/mol. The maximum atomic E-state index is 12.1. The molecule has 0 aromatic rings. The average Bonchev–Trinajstić information content (AvgIpc) is 2.41. The van der Waals surface area contributed by atoms with E-state index in [1.165, 1.54) is 7.11 Å². The molecule has 0 spiro atoms. The highest BCUT2D eigenvalue weighted by Crippen LogP contribution is 2.32. The maximum Gasteiger partial charge on any atom is 0.305 e. The molecule has 0 heterocycles. The molecule has 0 fully saturated rings. The lowest BCUT2D eigenvalue weighted by molar-refractivity contribution is -0.141. The molecule has 0 aromatic heterocycles. The first kappa shape index (κ1) is 19.9. The van der Waals surface area contributed by atoms with Crippen molar-refractivity contribution < 1.29 is 14.3 Å². The third-order valence-electron chi connectivity index (χ3n) is 3.97. The van der Waals surface area contributed by atoms with Gasteiger partial charge in [-0.25, -0.2) is 0 Å². The van der Waals surface area contributed by atoms with Crippen LogP contribution in [-0.2, 0) is 14.3 Å². The minimum absolute atomic E-state index is 0.131. The number of rotatable bonds is 9. The Balaban J connectivity index is 4.13. The summed E-state index contributed by atoms with van der Waals surface area (Å²) in [7, 11) is 3.16. The first-order valence-electron chi connectivity index (χ1n) is 7.73. The minimum Gasteiger partial charge on any atom is -0.469 e. The molecular weight excluding hydrogens is 268 g/mol. The second-order valence-corrected chi connectivity index (χ2v) is 6.67. The van der Waals surface area contributed by atoms with Gasteiger partial charge in [-0.2, -0.15) is 0 Å². The lowest BCUT2D eigenvalue weighted by Gasteiger charge is -2.31. The fraction of sp³-hybridized carbons (Fsp3) is 0.875. The zero-order valence-electron chi connectivity index (χ0n) is 14.3. The number of carbonyl (C=O) groups is 2. The second kappa shape index (κ2) is 9.77. The van der Waals surface area contributed by atoms with Gasteiger partial charge in [0.15, 0.2) is 0 Å². The molecule has 1 atom stereocenters. The molecule has 0 aliphatic carbocycles. The topological polar surface area (TPSA) is 72.6 Å². The van der Waals surface area contributed by atoms with Crippen LogP contribution >= 0.6 is 0 Å². The van der Waals surface area contributed by atoms with Crippen molar-refractivity contribution in [2.45, 2.75) is 52.9 Å². The molecule has 0 saturated carbocycles. The Morgan fingerprint density at radius 2 is 1.81 bits per heavy atom. The van der Waals surface area contributed by atoms with E-state index in [1.54, 1.807) is 11.9 Å². The van der Waals surface area contributed by atoms with Crippen LogP contribution in [0, 0.1) is 11.3 Å². The largest absolute Gasteiger partial charge is 0.469 e. The summed E-state index contributed by atoms with van der Waals surface area (Å²) in [5.41, 5.74) is 5.83. The van der Waals surface area contributed by atoms with Crippen LogP contribution in [0.5, 0.6) is 0 Å². The summed E-state index contributed by atoms with van der Waals surface area (Å²) in [6.07, 6.45) is 3.34. The summed E-state index contributed by atoms with van der Waals surface area (Å²) < 4.78 is 4.58. The molecule has 5 heteroatoms. The van der Waals surface area contributed by atoms with Gasteiger partial charge in [-0.3, -0.25) is 9.59 Å². The Kier molecular flexibility index (Phi) is 9.26. The highest BCUT2D eigenvalue weighted by atomic mass is 16.5. The van der Waals surface area contributed by atoms with Gasteiger partial charge in [-0.15, -0.1) is 0 Å². The first-order chi connectivity index (χ1) is 9.72. The predicted octanol–water partition coefficient (Wildman–Crippen LogP) is 2.19. The fourth-order valence-corrected chi connectivity index (χ4v) is 2.39. The van der Waals surface area contributed by atoms with Gasteiger partial charge < -0.3 is 15.4 Å². The number of esters is 1. The van der Waals surface area contributed by atoms with E-state index in [0.29, 0.717) is 38.3 Å². The van der Waals surface area contributed by atoms with Crippen molar-refractivity contribution in [3.63, 3.8) is 0 Å². The molecule has 0 rings (SSSR count). The van der Waals surface area contributed by atoms with Gasteiger partial charge in [0.1, 0.15) is 0 Å². The Bertz CT molecular complexity index is 324. The number of hydrogen-bond donors (Lipinski definition) is 1. The number of nitrogens with two attached hydrogens (primary N) is 1. The van der Waals surface area contributed by atoms with Gasteiger partial charge in [0.25, 0.3) is 0 Å². The van der Waals surface area contributed by atoms with E-state index >= 15 is 0 Å². The maximum absolute atomic E-state index is 12.1. The summed E-state index contributed by atoms with van der Waals surface area (Å²) in [5, 5.41) is 0. The van der Waals surface area contributed by atoms with Crippen molar-refractivity contribution in [1.82, 2.24) is 4.90 Å². The number of carbonyl (C=O) groups excluding carboxylic acids is 2. The van der Waals surface area contributed by atoms with Gasteiger partial charge in [0.05, 0.1) is 7.11 Å². The molecule has 0 saturated heterocycles. The van der Waals surface area contributed by atoms with E-state index in [2.05, 4.69) is 25.5 Å². The van der Waals surface area contributed by atoms with Crippen molar-refractivity contribution in [2.24, 2.45) is 17.1 Å². The summed E-state index contributed by atoms with van der Waals surface area (Å²) in [4.78, 5) is 24.8. The number of amides is 1. The zero-order valence-corrected chi connectivity index (χ0v) is 14.3. The third-order valence-corrected chi connectivity index (χ3v) is 3.97. The molecule has 1 unspecified atom stereocenters. The number of ether oxygens (including phenoxy) is 1. The second-order valence-electron chi connectivity index (χ2n) is 6.67. The minimum atomic E-state index is -0.230. The Hall–Kier alpha value is -1.10. The Labute approximate surface area is 129 Å². The SMILES string of the molecule is COC(=O)CCCN(C)C(=O)CCC(CCN)C(C)(C)C. The van der Waals surface area contributed by atoms with Gasteiger partial charge in [0.2, 0.25) is 5.91 Å². The summed E-state index contributed by atoms with van der Waals surface area (Å²) >= 11 is 0. The van der Waals surface area contributed by atoms with E-state index in [-0.39, 0.29) is 17.3 Å². The van der Waals surface area contributed by atoms with Crippen molar-refractivity contribution in [3.05, 3.63) is 0 Å². The van der Waals surface area contributed by atoms with Crippen molar-refractivity contribution in [3.8, 4) is 0 Å². The Morgan fingerprint density at radius 1 is 1.19 bits per heavy atom. The predicted molar refractivity (Wildman–Crippen MR) is 84.7 cm³/mol. The van der Waals surface area contributed by atoms with Crippen LogP contribution < -0.4 is 5.73 Å². The van der Waals surface area contributed by atoms with Crippen LogP contribution in [0.2, 0.25) is 0 Å². The van der Waals surface area contributed by atoms with Gasteiger partial charge in [-0.1, -0.05) is 20.8 Å². The van der Waals surface area contributed by atoms with E-state index < -0.39 is 0 Å². The standard InChI is InChI=1S/C16H32N2O3/c1-16(2,3)13(10-11-17)8-9-14(19)18(4)12-6-7-15(20)21-5/h13H,6-12,17H2,1-5H3. The molecule has 0 aliphatic heterocycles. The van der Waals surface area contributed by atoms with E-state index in [0.717, 1.165) is 12.8 Å². The van der Waals surface area contributed by atoms with Crippen LogP contribution in [0.3, 0.4) is 0 Å². The van der Waals surface area contributed by atoms with Gasteiger partial charge in [-0.05, 0) is 37.1 Å². The number of hydrogen-bond acceptors (Lipinski definition) is 4. The third kappa shape index (κ3) is 8.71. The van der Waals surface area contributed by atoms with E-state index in [1.807, 2.05) is 0 Å². The molecular formula is C16H32N2O3. The summed E-state index contributed by atoms with van der Waals surface area (Å²) in [6, 6.07) is 0. The molecule has 5 nitrogen and oxygen atoms in total. The molecule has 2 N–H and O–H groups in total. The molecule has 0 bridgehead atoms. The van der Waals surface area contributed by atoms with Crippen molar-refractivity contribution in [1.29, 1.82) is 0 Å². The van der Waals surface area contributed by atoms with Gasteiger partial charge >= 0.3 is 5.97 Å². The number of methoxy groups -OCH3 is 1.